The maximum absolute atomic E-state index is 6.90. The van der Waals surface area contributed by atoms with Crippen LogP contribution in [-0.4, -0.2) is 0 Å². The van der Waals surface area contributed by atoms with Crippen LogP contribution >= 0.6 is 22.7 Å². The summed E-state index contributed by atoms with van der Waals surface area (Å²) in [4.78, 5) is 0. The summed E-state index contributed by atoms with van der Waals surface area (Å²) in [7, 11) is 0. The molecule has 0 aliphatic rings. The second kappa shape index (κ2) is 10.6. The van der Waals surface area contributed by atoms with Crippen molar-refractivity contribution in [2.45, 2.75) is 0 Å². The number of benzene rings is 9. The molecule has 13 aromatic rings. The third-order valence-corrected chi connectivity index (χ3v) is 13.7. The van der Waals surface area contributed by atoms with Crippen LogP contribution in [0, 0.1) is 0 Å². The fourth-order valence-corrected chi connectivity index (χ4v) is 11.5. The zero-order valence-electron chi connectivity index (χ0n) is 28.6. The van der Waals surface area contributed by atoms with E-state index in [9.17, 15) is 0 Å². The molecule has 0 bridgehead atoms. The highest BCUT2D eigenvalue weighted by atomic mass is 32.1. The third kappa shape index (κ3) is 3.78. The van der Waals surface area contributed by atoms with Crippen LogP contribution in [0.2, 0.25) is 0 Å². The maximum Gasteiger partial charge on any atom is 0.143 e. The fraction of sp³-hybridized carbons (Fsp3) is 0. The van der Waals surface area contributed by atoms with E-state index in [1.165, 1.54) is 83.8 Å². The molecule has 0 unspecified atom stereocenters. The lowest BCUT2D eigenvalue weighted by atomic mass is 9.85. The average molecular weight is 723 g/mol. The molecule has 250 valence electrons. The van der Waals surface area contributed by atoms with Crippen molar-refractivity contribution in [3.05, 3.63) is 158 Å². The van der Waals surface area contributed by atoms with Gasteiger partial charge in [-0.1, -0.05) is 109 Å². The Labute approximate surface area is 315 Å². The SMILES string of the molecule is c1ccc2c(c1)sc1ccc3oc4cc(-c5c6ccccc6c(-c6cccc7c6oc6ccc8sc9ccccc9c8c67)c6ccccc56)ccc4c3c12. The average Bonchev–Trinajstić information content (AvgIpc) is 3.99. The second-order valence-electron chi connectivity index (χ2n) is 14.3. The van der Waals surface area contributed by atoms with Crippen molar-refractivity contribution in [1.29, 1.82) is 0 Å². The topological polar surface area (TPSA) is 26.3 Å². The molecule has 2 nitrogen and oxygen atoms in total. The first-order valence-electron chi connectivity index (χ1n) is 18.2. The molecule has 0 N–H and O–H groups in total. The lowest BCUT2D eigenvalue weighted by Gasteiger charge is -2.17. The van der Waals surface area contributed by atoms with Crippen molar-refractivity contribution in [3.63, 3.8) is 0 Å². The smallest absolute Gasteiger partial charge is 0.143 e. The van der Waals surface area contributed by atoms with Gasteiger partial charge in [0.1, 0.15) is 22.3 Å². The number of para-hydroxylation sites is 1. The van der Waals surface area contributed by atoms with Crippen LogP contribution < -0.4 is 0 Å². The largest absolute Gasteiger partial charge is 0.456 e. The normalized spacial score (nSPS) is 12.4. The molecule has 9 aromatic carbocycles. The summed E-state index contributed by atoms with van der Waals surface area (Å²) >= 11 is 3.69. The summed E-state index contributed by atoms with van der Waals surface area (Å²) in [5.74, 6) is 0. The van der Waals surface area contributed by atoms with Gasteiger partial charge in [-0.2, -0.15) is 0 Å². The quantitative estimate of drug-likeness (QED) is 0.166. The number of rotatable bonds is 2. The Bertz CT molecular complexity index is 3680. The van der Waals surface area contributed by atoms with Gasteiger partial charge in [-0.05, 0) is 81.2 Å². The first-order chi connectivity index (χ1) is 26.8. The van der Waals surface area contributed by atoms with Crippen LogP contribution in [-0.2, 0) is 0 Å². The van der Waals surface area contributed by atoms with Crippen LogP contribution in [0.25, 0.3) is 128 Å². The van der Waals surface area contributed by atoms with Gasteiger partial charge in [-0.25, -0.2) is 0 Å². The molecule has 0 radical (unpaired) electrons. The highest BCUT2D eigenvalue weighted by molar-refractivity contribution is 7.26. The van der Waals surface area contributed by atoms with Gasteiger partial charge in [-0.3, -0.25) is 0 Å². The van der Waals surface area contributed by atoms with Gasteiger partial charge < -0.3 is 8.83 Å². The summed E-state index contributed by atoms with van der Waals surface area (Å²) in [6.07, 6.45) is 0. The summed E-state index contributed by atoms with van der Waals surface area (Å²) in [5, 5.41) is 14.6. The summed E-state index contributed by atoms with van der Waals surface area (Å²) in [5.41, 5.74) is 8.33. The predicted molar refractivity (Wildman–Crippen MR) is 233 cm³/mol. The van der Waals surface area contributed by atoms with Crippen molar-refractivity contribution < 1.29 is 8.83 Å². The van der Waals surface area contributed by atoms with Gasteiger partial charge >= 0.3 is 0 Å². The first kappa shape index (κ1) is 29.0. The van der Waals surface area contributed by atoms with Crippen LogP contribution in [0.1, 0.15) is 0 Å². The molecule has 0 aliphatic heterocycles. The predicted octanol–water partition coefficient (Wildman–Crippen LogP) is 15.9. The third-order valence-electron chi connectivity index (χ3n) is 11.5. The molecule has 0 spiro atoms. The molecule has 0 fully saturated rings. The maximum atomic E-state index is 6.90. The van der Waals surface area contributed by atoms with Gasteiger partial charge in [0.15, 0.2) is 0 Å². The van der Waals surface area contributed by atoms with Crippen molar-refractivity contribution in [1.82, 2.24) is 0 Å². The molecule has 0 atom stereocenters. The van der Waals surface area contributed by atoms with E-state index < -0.39 is 0 Å². The van der Waals surface area contributed by atoms with Gasteiger partial charge in [0.05, 0.1) is 0 Å². The minimum atomic E-state index is 0.904. The Morgan fingerprint density at radius 1 is 0.315 bits per heavy atom. The van der Waals surface area contributed by atoms with Gasteiger partial charge in [0.2, 0.25) is 0 Å². The lowest BCUT2D eigenvalue weighted by molar-refractivity contribution is 0.669. The van der Waals surface area contributed by atoms with E-state index in [-0.39, 0.29) is 0 Å². The van der Waals surface area contributed by atoms with Crippen LogP contribution in [0.5, 0.6) is 0 Å². The Morgan fingerprint density at radius 2 is 0.833 bits per heavy atom. The number of hydrogen-bond acceptors (Lipinski definition) is 4. The number of furan rings is 2. The van der Waals surface area contributed by atoms with E-state index in [1.54, 1.807) is 0 Å². The number of hydrogen-bond donors (Lipinski definition) is 0. The first-order valence-corrected chi connectivity index (χ1v) is 19.9. The molecule has 0 saturated carbocycles. The van der Waals surface area contributed by atoms with Gasteiger partial charge in [0, 0.05) is 73.0 Å². The van der Waals surface area contributed by atoms with E-state index in [1.807, 2.05) is 22.7 Å². The van der Waals surface area contributed by atoms with E-state index in [0.29, 0.717) is 0 Å². The minimum Gasteiger partial charge on any atom is -0.456 e. The van der Waals surface area contributed by atoms with E-state index in [0.717, 1.165) is 44.2 Å². The highest BCUT2D eigenvalue weighted by Gasteiger charge is 2.23. The zero-order chi connectivity index (χ0) is 35.1. The molecule has 4 aromatic heterocycles. The summed E-state index contributed by atoms with van der Waals surface area (Å²) in [6, 6.07) is 57.3. The molecule has 0 aliphatic carbocycles. The van der Waals surface area contributed by atoms with Gasteiger partial charge in [-0.15, -0.1) is 22.7 Å². The Hall–Kier alpha value is -6.46. The Kier molecular flexibility index (Phi) is 5.69. The molecule has 0 amide bonds. The molecular weight excluding hydrogens is 697 g/mol. The molecule has 4 heteroatoms. The standard InChI is InChI=1S/C50H26O2S2/c1-3-12-30-28(10-1)44(27-20-21-32-39(26-27)51-37-22-24-42-48(46(32)37)33-14-5-7-18-40(33)53-42)29-11-2-4-13-31(29)45(30)35-16-9-17-36-47-38(52-50(35)36)23-25-43-49(47)34-15-6-8-19-41(34)54-43/h1-26H. The fourth-order valence-electron chi connectivity index (χ4n) is 9.27. The van der Waals surface area contributed by atoms with E-state index in [2.05, 4.69) is 158 Å². The number of thiophene rings is 2. The van der Waals surface area contributed by atoms with Crippen molar-refractivity contribution in [2.24, 2.45) is 0 Å². The molecule has 0 saturated heterocycles. The lowest BCUT2D eigenvalue weighted by Crippen LogP contribution is -1.91. The van der Waals surface area contributed by atoms with Gasteiger partial charge in [0.25, 0.3) is 0 Å². The van der Waals surface area contributed by atoms with E-state index in [4.69, 9.17) is 8.83 Å². The minimum absolute atomic E-state index is 0.904. The molecule has 4 heterocycles. The van der Waals surface area contributed by atoms with Crippen LogP contribution in [0.3, 0.4) is 0 Å². The molecular formula is C50H26O2S2. The van der Waals surface area contributed by atoms with Crippen LogP contribution in [0.4, 0.5) is 0 Å². The zero-order valence-corrected chi connectivity index (χ0v) is 30.3. The number of fused-ring (bicyclic) bond motifs is 16. The van der Waals surface area contributed by atoms with Crippen molar-refractivity contribution in [2.75, 3.05) is 0 Å². The molecule has 13 rings (SSSR count). The Morgan fingerprint density at radius 3 is 1.46 bits per heavy atom. The van der Waals surface area contributed by atoms with Crippen molar-refractivity contribution in [3.8, 4) is 22.3 Å². The summed E-state index contributed by atoms with van der Waals surface area (Å²) < 4.78 is 18.7. The van der Waals surface area contributed by atoms with E-state index >= 15 is 0 Å². The van der Waals surface area contributed by atoms with Crippen LogP contribution in [0.15, 0.2) is 167 Å². The monoisotopic (exact) mass is 722 g/mol. The Balaban J connectivity index is 1.09. The van der Waals surface area contributed by atoms with Crippen molar-refractivity contribution >= 4 is 128 Å². The highest BCUT2D eigenvalue weighted by Crippen LogP contribution is 2.49. The summed E-state index contributed by atoms with van der Waals surface area (Å²) in [6.45, 7) is 0. The molecule has 54 heavy (non-hydrogen) atoms. The second-order valence-corrected chi connectivity index (χ2v) is 16.4.